The van der Waals surface area contributed by atoms with Crippen LogP contribution in [0.25, 0.3) is 0 Å². The van der Waals surface area contributed by atoms with Crippen LogP contribution in [0.4, 0.5) is 0 Å². The minimum Gasteiger partial charge on any atom is -0.411 e. The van der Waals surface area contributed by atoms with Gasteiger partial charge in [-0.1, -0.05) is 51.1 Å². The lowest BCUT2D eigenvalue weighted by Crippen LogP contribution is -2.49. The highest BCUT2D eigenvalue weighted by atomic mass is 28.4. The van der Waals surface area contributed by atoms with Gasteiger partial charge in [0.05, 0.1) is 6.10 Å². The lowest BCUT2D eigenvalue weighted by molar-refractivity contribution is 0.169. The molecule has 0 saturated carbocycles. The van der Waals surface area contributed by atoms with E-state index in [1.54, 1.807) is 0 Å². The molecule has 22 heavy (non-hydrogen) atoms. The molecule has 1 aromatic rings. The second-order valence-corrected chi connectivity index (χ2v) is 12.9. The Bertz CT molecular complexity index is 484. The number of nitrogens with two attached hydrogens (primary N) is 1. The summed E-state index contributed by atoms with van der Waals surface area (Å²) < 4.78 is 6.59. The number of hydrogen-bond acceptors (Lipinski definition) is 3. The molecule has 1 fully saturated rings. The number of rotatable bonds is 4. The number of nitrogens with zero attached hydrogens (tertiary/aromatic N) is 1. The molecule has 2 rings (SSSR count). The van der Waals surface area contributed by atoms with Crippen LogP contribution < -0.4 is 5.73 Å². The molecule has 0 amide bonds. The van der Waals surface area contributed by atoms with Crippen molar-refractivity contribution in [3.8, 4) is 0 Å². The quantitative estimate of drug-likeness (QED) is 0.861. The minimum atomic E-state index is -1.77. The Morgan fingerprint density at radius 1 is 1.23 bits per heavy atom. The van der Waals surface area contributed by atoms with Crippen molar-refractivity contribution in [3.05, 3.63) is 35.9 Å². The minimum absolute atomic E-state index is 0.0952. The monoisotopic (exact) mass is 320 g/mol. The Morgan fingerprint density at radius 3 is 2.36 bits per heavy atom. The van der Waals surface area contributed by atoms with Crippen LogP contribution in [-0.4, -0.2) is 37.9 Å². The molecule has 1 aliphatic rings. The molecule has 1 aromatic carbocycles. The normalized spacial score (nSPS) is 27.3. The third-order valence-electron chi connectivity index (χ3n) is 5.46. The number of benzene rings is 1. The molecule has 4 heteroatoms. The van der Waals surface area contributed by atoms with Gasteiger partial charge in [0.1, 0.15) is 0 Å². The van der Waals surface area contributed by atoms with E-state index < -0.39 is 8.32 Å². The van der Waals surface area contributed by atoms with Gasteiger partial charge in [-0.3, -0.25) is 4.90 Å². The Kier molecular flexibility index (Phi) is 5.17. The zero-order chi connectivity index (χ0) is 16.5. The van der Waals surface area contributed by atoms with Gasteiger partial charge in [-0.15, -0.1) is 0 Å². The van der Waals surface area contributed by atoms with E-state index in [1.807, 2.05) is 0 Å². The highest BCUT2D eigenvalue weighted by molar-refractivity contribution is 6.74. The van der Waals surface area contributed by atoms with Gasteiger partial charge >= 0.3 is 0 Å². The summed E-state index contributed by atoms with van der Waals surface area (Å²) in [6.45, 7) is 15.6. The summed E-state index contributed by atoms with van der Waals surface area (Å²) in [5, 5.41) is 0.225. The molecular formula is C18H32N2OSi. The summed E-state index contributed by atoms with van der Waals surface area (Å²) in [4.78, 5) is 2.46. The Labute approximate surface area is 137 Å². The molecule has 0 radical (unpaired) electrons. The third kappa shape index (κ3) is 3.80. The average Bonchev–Trinajstić information content (AvgIpc) is 2.67. The van der Waals surface area contributed by atoms with Crippen molar-refractivity contribution in [1.82, 2.24) is 4.90 Å². The molecule has 1 aliphatic heterocycles. The van der Waals surface area contributed by atoms with E-state index in [0.717, 1.165) is 13.1 Å². The van der Waals surface area contributed by atoms with E-state index in [-0.39, 0.29) is 17.2 Å². The van der Waals surface area contributed by atoms with Gasteiger partial charge in [0.15, 0.2) is 8.32 Å². The van der Waals surface area contributed by atoms with Crippen LogP contribution in [0, 0.1) is 0 Å². The lowest BCUT2D eigenvalue weighted by Gasteiger charge is -2.39. The molecule has 1 saturated heterocycles. The standard InChI is InChI=1S/C18H32N2OSi/c1-14-17(19)16(21-22(5,6)18(2,3)4)13-20(14)12-15-10-8-7-9-11-15/h7-11,14,16-17H,12-13,19H2,1-6H3/t14-,16-,17-/m0/s1. The van der Waals surface area contributed by atoms with Crippen molar-refractivity contribution < 1.29 is 4.43 Å². The first kappa shape index (κ1) is 17.7. The van der Waals surface area contributed by atoms with E-state index in [9.17, 15) is 0 Å². The molecule has 0 aromatic heterocycles. The zero-order valence-corrected chi connectivity index (χ0v) is 16.0. The van der Waals surface area contributed by atoms with Crippen LogP contribution >= 0.6 is 0 Å². The highest BCUT2D eigenvalue weighted by Crippen LogP contribution is 2.38. The Hall–Kier alpha value is -0.683. The van der Waals surface area contributed by atoms with Crippen LogP contribution in [0.5, 0.6) is 0 Å². The van der Waals surface area contributed by atoms with E-state index in [4.69, 9.17) is 10.2 Å². The third-order valence-corrected chi connectivity index (χ3v) is 9.96. The summed E-state index contributed by atoms with van der Waals surface area (Å²) >= 11 is 0. The van der Waals surface area contributed by atoms with E-state index >= 15 is 0 Å². The summed E-state index contributed by atoms with van der Waals surface area (Å²) in [5.74, 6) is 0. The summed E-state index contributed by atoms with van der Waals surface area (Å²) in [5.41, 5.74) is 7.81. The Balaban J connectivity index is 2.04. The van der Waals surface area contributed by atoms with Crippen LogP contribution in [0.3, 0.4) is 0 Å². The fourth-order valence-electron chi connectivity index (χ4n) is 2.77. The lowest BCUT2D eigenvalue weighted by atomic mass is 10.1. The smallest absolute Gasteiger partial charge is 0.192 e. The largest absolute Gasteiger partial charge is 0.411 e. The average molecular weight is 321 g/mol. The maximum Gasteiger partial charge on any atom is 0.192 e. The van der Waals surface area contributed by atoms with Crippen molar-refractivity contribution in [3.63, 3.8) is 0 Å². The summed E-state index contributed by atoms with van der Waals surface area (Å²) in [6, 6.07) is 11.1. The fraction of sp³-hybridized carbons (Fsp3) is 0.667. The van der Waals surface area contributed by atoms with Crippen molar-refractivity contribution in [2.45, 2.75) is 70.6 Å². The van der Waals surface area contributed by atoms with Gasteiger partial charge in [0.25, 0.3) is 0 Å². The van der Waals surface area contributed by atoms with Crippen LogP contribution in [0.2, 0.25) is 18.1 Å². The van der Waals surface area contributed by atoms with Crippen molar-refractivity contribution in [2.75, 3.05) is 6.54 Å². The van der Waals surface area contributed by atoms with Gasteiger partial charge in [-0.05, 0) is 30.6 Å². The molecule has 2 N–H and O–H groups in total. The van der Waals surface area contributed by atoms with E-state index in [0.29, 0.717) is 6.04 Å². The predicted molar refractivity (Wildman–Crippen MR) is 96.4 cm³/mol. The molecular weight excluding hydrogens is 288 g/mol. The molecule has 0 unspecified atom stereocenters. The van der Waals surface area contributed by atoms with Gasteiger partial charge < -0.3 is 10.2 Å². The maximum absolute atomic E-state index is 6.59. The second-order valence-electron chi connectivity index (χ2n) is 8.15. The van der Waals surface area contributed by atoms with Gasteiger partial charge in [0.2, 0.25) is 0 Å². The number of likely N-dealkylation sites (tertiary alicyclic amines) is 1. The van der Waals surface area contributed by atoms with Crippen LogP contribution in [-0.2, 0) is 11.0 Å². The number of hydrogen-bond donors (Lipinski definition) is 1. The molecule has 0 aliphatic carbocycles. The summed E-state index contributed by atoms with van der Waals surface area (Å²) in [6.07, 6.45) is 0.152. The van der Waals surface area contributed by atoms with Gasteiger partial charge in [0, 0.05) is 25.2 Å². The van der Waals surface area contributed by atoms with Crippen LogP contribution in [0.15, 0.2) is 30.3 Å². The first-order chi connectivity index (χ1) is 10.1. The summed E-state index contributed by atoms with van der Waals surface area (Å²) in [7, 11) is -1.77. The van der Waals surface area contributed by atoms with Crippen molar-refractivity contribution >= 4 is 8.32 Å². The van der Waals surface area contributed by atoms with E-state index in [1.165, 1.54) is 5.56 Å². The SMILES string of the molecule is C[C@H]1[C@H](N)[C@@H](O[Si](C)(C)C(C)(C)C)CN1Cc1ccccc1. The highest BCUT2D eigenvalue weighted by Gasteiger charge is 2.44. The molecule has 124 valence electrons. The fourth-order valence-corrected chi connectivity index (χ4v) is 4.11. The Morgan fingerprint density at radius 2 is 1.82 bits per heavy atom. The topological polar surface area (TPSA) is 38.5 Å². The van der Waals surface area contributed by atoms with Crippen molar-refractivity contribution in [1.29, 1.82) is 0 Å². The van der Waals surface area contributed by atoms with Gasteiger partial charge in [-0.2, -0.15) is 0 Å². The second kappa shape index (κ2) is 6.44. The molecule has 3 atom stereocenters. The van der Waals surface area contributed by atoms with Crippen LogP contribution in [0.1, 0.15) is 33.3 Å². The first-order valence-electron chi connectivity index (χ1n) is 8.33. The molecule has 1 heterocycles. The van der Waals surface area contributed by atoms with Crippen molar-refractivity contribution in [2.24, 2.45) is 5.73 Å². The predicted octanol–water partition coefficient (Wildman–Crippen LogP) is 3.61. The molecule has 0 bridgehead atoms. The first-order valence-corrected chi connectivity index (χ1v) is 11.2. The van der Waals surface area contributed by atoms with Gasteiger partial charge in [-0.25, -0.2) is 0 Å². The maximum atomic E-state index is 6.59. The molecule has 0 spiro atoms. The molecule has 3 nitrogen and oxygen atoms in total. The zero-order valence-electron chi connectivity index (χ0n) is 15.0. The van der Waals surface area contributed by atoms with E-state index in [2.05, 4.69) is 76.0 Å².